The van der Waals surface area contributed by atoms with Gasteiger partial charge in [-0.15, -0.1) is 0 Å². The fraction of sp³-hybridized carbons (Fsp3) is 0.625. The molecule has 1 fully saturated rings. The van der Waals surface area contributed by atoms with Crippen molar-refractivity contribution < 1.29 is 9.47 Å². The van der Waals surface area contributed by atoms with Crippen molar-refractivity contribution in [2.24, 2.45) is 0 Å². The van der Waals surface area contributed by atoms with Crippen molar-refractivity contribution in [3.05, 3.63) is 22.2 Å². The van der Waals surface area contributed by atoms with Crippen LogP contribution in [-0.2, 0) is 12.8 Å². The highest BCUT2D eigenvalue weighted by molar-refractivity contribution is 6.32. The molecular weight excluding hydrogens is 288 g/mol. The number of ether oxygens (including phenoxy) is 2. The smallest absolute Gasteiger partial charge is 0.165 e. The molecule has 0 unspecified atom stereocenters. The average molecular weight is 313 g/mol. The minimum atomic E-state index is 0.772. The lowest BCUT2D eigenvalue weighted by Gasteiger charge is -2.27. The minimum Gasteiger partial charge on any atom is -0.493 e. The molecule has 0 aromatic heterocycles. The number of rotatable bonds is 6. The van der Waals surface area contributed by atoms with E-state index >= 15 is 0 Å². The van der Waals surface area contributed by atoms with Gasteiger partial charge in [0.05, 0.1) is 19.2 Å². The number of piperazine rings is 1. The first kappa shape index (κ1) is 16.4. The molecule has 0 radical (unpaired) electrons. The fourth-order valence-corrected chi connectivity index (χ4v) is 3.16. The molecule has 0 bridgehead atoms. The molecule has 1 heterocycles. The number of nitrogens with zero attached hydrogens (tertiary/aromatic N) is 1. The molecule has 1 aliphatic rings. The summed E-state index contributed by atoms with van der Waals surface area (Å²) in [4.78, 5) is 2.46. The van der Waals surface area contributed by atoms with Crippen LogP contribution in [0, 0.1) is 0 Å². The van der Waals surface area contributed by atoms with Crippen LogP contribution >= 0.6 is 11.6 Å². The first-order valence-corrected chi connectivity index (χ1v) is 7.94. The van der Waals surface area contributed by atoms with Gasteiger partial charge in [0.25, 0.3) is 0 Å². The molecule has 118 valence electrons. The van der Waals surface area contributed by atoms with Crippen LogP contribution in [0.15, 0.2) is 6.07 Å². The molecule has 4 nitrogen and oxygen atoms in total. The molecule has 0 saturated carbocycles. The van der Waals surface area contributed by atoms with E-state index in [-0.39, 0.29) is 0 Å². The quantitative estimate of drug-likeness (QED) is 0.874. The molecule has 5 heteroatoms. The van der Waals surface area contributed by atoms with Gasteiger partial charge in [0.1, 0.15) is 0 Å². The predicted molar refractivity (Wildman–Crippen MR) is 86.9 cm³/mol. The van der Waals surface area contributed by atoms with Crippen molar-refractivity contribution >= 4 is 11.6 Å². The lowest BCUT2D eigenvalue weighted by Crippen LogP contribution is -2.44. The maximum absolute atomic E-state index is 6.57. The van der Waals surface area contributed by atoms with E-state index in [4.69, 9.17) is 21.1 Å². The number of hydrogen-bond donors (Lipinski definition) is 1. The van der Waals surface area contributed by atoms with Gasteiger partial charge in [-0.25, -0.2) is 0 Å². The maximum atomic E-state index is 6.57. The van der Waals surface area contributed by atoms with Gasteiger partial charge in [-0.2, -0.15) is 0 Å². The SMILES string of the molecule is CCc1cc(OC)c(OC)c(CCN2CCNCC2)c1Cl. The number of hydrogen-bond acceptors (Lipinski definition) is 4. The lowest BCUT2D eigenvalue weighted by molar-refractivity contribution is 0.242. The second kappa shape index (κ2) is 7.87. The van der Waals surface area contributed by atoms with Crippen LogP contribution in [0.4, 0.5) is 0 Å². The molecule has 0 atom stereocenters. The third-order valence-electron chi connectivity index (χ3n) is 4.04. The predicted octanol–water partition coefficient (Wildman–Crippen LogP) is 2.37. The summed E-state index contributed by atoms with van der Waals surface area (Å²) in [5, 5.41) is 4.20. The van der Waals surface area contributed by atoms with Crippen molar-refractivity contribution in [2.45, 2.75) is 19.8 Å². The number of aryl methyl sites for hydroxylation is 1. The third-order valence-corrected chi connectivity index (χ3v) is 4.51. The average Bonchev–Trinajstić information content (AvgIpc) is 2.54. The number of nitrogens with one attached hydrogen (secondary N) is 1. The Labute approximate surface area is 132 Å². The molecule has 0 spiro atoms. The van der Waals surface area contributed by atoms with Crippen molar-refractivity contribution in [1.29, 1.82) is 0 Å². The molecule has 1 aromatic carbocycles. The van der Waals surface area contributed by atoms with Gasteiger partial charge in [0.15, 0.2) is 11.5 Å². The molecule has 0 aliphatic carbocycles. The summed E-state index contributed by atoms with van der Waals surface area (Å²) in [6.07, 6.45) is 1.77. The van der Waals surface area contributed by atoms with E-state index in [1.54, 1.807) is 14.2 Å². The molecule has 1 aromatic rings. The zero-order valence-corrected chi connectivity index (χ0v) is 13.9. The van der Waals surface area contributed by atoms with Crippen LogP contribution < -0.4 is 14.8 Å². The fourth-order valence-electron chi connectivity index (χ4n) is 2.79. The van der Waals surface area contributed by atoms with Crippen molar-refractivity contribution in [2.75, 3.05) is 46.9 Å². The Hall–Kier alpha value is -0.970. The summed E-state index contributed by atoms with van der Waals surface area (Å²) < 4.78 is 11.0. The normalized spacial score (nSPS) is 16.0. The third kappa shape index (κ3) is 3.82. The van der Waals surface area contributed by atoms with Gasteiger partial charge in [-0.3, -0.25) is 0 Å². The highest BCUT2D eigenvalue weighted by atomic mass is 35.5. The summed E-state index contributed by atoms with van der Waals surface area (Å²) in [5.41, 5.74) is 2.18. The van der Waals surface area contributed by atoms with Gasteiger partial charge >= 0.3 is 0 Å². The Morgan fingerprint density at radius 1 is 1.24 bits per heavy atom. The van der Waals surface area contributed by atoms with Crippen molar-refractivity contribution in [1.82, 2.24) is 10.2 Å². The van der Waals surface area contributed by atoms with Gasteiger partial charge in [-0.05, 0) is 24.5 Å². The van der Waals surface area contributed by atoms with Gasteiger partial charge in [0.2, 0.25) is 0 Å². The number of halogens is 1. The zero-order valence-electron chi connectivity index (χ0n) is 13.2. The van der Waals surface area contributed by atoms with Crippen LogP contribution in [0.25, 0.3) is 0 Å². The topological polar surface area (TPSA) is 33.7 Å². The zero-order chi connectivity index (χ0) is 15.2. The van der Waals surface area contributed by atoms with E-state index in [9.17, 15) is 0 Å². The Kier molecular flexibility index (Phi) is 6.15. The van der Waals surface area contributed by atoms with E-state index in [0.717, 1.165) is 73.2 Å². The van der Waals surface area contributed by atoms with E-state index < -0.39 is 0 Å². The first-order chi connectivity index (χ1) is 10.2. The summed E-state index contributed by atoms with van der Waals surface area (Å²) in [5.74, 6) is 1.55. The summed E-state index contributed by atoms with van der Waals surface area (Å²) in [7, 11) is 3.35. The first-order valence-electron chi connectivity index (χ1n) is 7.56. The largest absolute Gasteiger partial charge is 0.493 e. The van der Waals surface area contributed by atoms with E-state index in [2.05, 4.69) is 17.1 Å². The van der Waals surface area contributed by atoms with Crippen LogP contribution in [0.5, 0.6) is 11.5 Å². The molecular formula is C16H25ClN2O2. The van der Waals surface area contributed by atoms with E-state index in [1.807, 2.05) is 6.07 Å². The highest BCUT2D eigenvalue weighted by Gasteiger charge is 2.19. The summed E-state index contributed by atoms with van der Waals surface area (Å²) in [6, 6.07) is 1.98. The van der Waals surface area contributed by atoms with Crippen LogP contribution in [-0.4, -0.2) is 51.8 Å². The van der Waals surface area contributed by atoms with Crippen molar-refractivity contribution in [3.63, 3.8) is 0 Å². The second-order valence-corrected chi connectivity index (χ2v) is 5.64. The summed E-state index contributed by atoms with van der Waals surface area (Å²) >= 11 is 6.57. The van der Waals surface area contributed by atoms with E-state index in [0.29, 0.717) is 0 Å². The Bertz CT molecular complexity index is 474. The molecule has 0 amide bonds. The second-order valence-electron chi connectivity index (χ2n) is 5.26. The van der Waals surface area contributed by atoms with Crippen LogP contribution in [0.2, 0.25) is 5.02 Å². The van der Waals surface area contributed by atoms with Gasteiger partial charge in [-0.1, -0.05) is 18.5 Å². The molecule has 2 rings (SSSR count). The Morgan fingerprint density at radius 3 is 2.52 bits per heavy atom. The molecule has 1 saturated heterocycles. The summed E-state index contributed by atoms with van der Waals surface area (Å²) in [6.45, 7) is 7.39. The highest BCUT2D eigenvalue weighted by Crippen LogP contribution is 2.39. The monoisotopic (exact) mass is 312 g/mol. The Balaban J connectivity index is 2.22. The van der Waals surface area contributed by atoms with Gasteiger partial charge in [0, 0.05) is 38.3 Å². The minimum absolute atomic E-state index is 0.772. The van der Waals surface area contributed by atoms with Crippen molar-refractivity contribution in [3.8, 4) is 11.5 Å². The van der Waals surface area contributed by atoms with E-state index in [1.165, 1.54) is 0 Å². The number of benzene rings is 1. The molecule has 1 aliphatic heterocycles. The molecule has 1 N–H and O–H groups in total. The standard InChI is InChI=1S/C16H25ClN2O2/c1-4-12-11-14(20-2)16(21-3)13(15(12)17)5-8-19-9-6-18-7-10-19/h11,18H,4-10H2,1-3H3. The van der Waals surface area contributed by atoms with Crippen LogP contribution in [0.1, 0.15) is 18.1 Å². The molecule has 21 heavy (non-hydrogen) atoms. The Morgan fingerprint density at radius 2 is 1.95 bits per heavy atom. The lowest BCUT2D eigenvalue weighted by atomic mass is 10.0. The van der Waals surface area contributed by atoms with Crippen LogP contribution in [0.3, 0.4) is 0 Å². The maximum Gasteiger partial charge on any atom is 0.165 e. The van der Waals surface area contributed by atoms with Gasteiger partial charge < -0.3 is 19.7 Å². The number of methoxy groups -OCH3 is 2.